The van der Waals surface area contributed by atoms with Gasteiger partial charge in [-0.2, -0.15) is 0 Å². The Bertz CT molecular complexity index is 401. The van der Waals surface area contributed by atoms with E-state index in [1.54, 1.807) is 18.9 Å². The van der Waals surface area contributed by atoms with Gasteiger partial charge in [-0.1, -0.05) is 13.0 Å². The van der Waals surface area contributed by atoms with Crippen LogP contribution in [0.25, 0.3) is 0 Å². The number of benzene rings is 1. The molecule has 100 valence electrons. The van der Waals surface area contributed by atoms with E-state index >= 15 is 0 Å². The molecule has 0 saturated carbocycles. The average molecular weight is 266 g/mol. The van der Waals surface area contributed by atoms with Crippen LogP contribution in [0.1, 0.15) is 12.5 Å². The van der Waals surface area contributed by atoms with Crippen molar-refractivity contribution in [3.63, 3.8) is 0 Å². The Hall–Kier alpha value is -0.710. The molecule has 0 amide bonds. The molecule has 2 unspecified atom stereocenters. The first-order valence-corrected chi connectivity index (χ1v) is 7.55. The normalized spacial score (nSPS) is 24.4. The quantitative estimate of drug-likeness (QED) is 0.848. The summed E-state index contributed by atoms with van der Waals surface area (Å²) in [5.74, 6) is 1.56. The lowest BCUT2D eigenvalue weighted by atomic mass is 10.1. The van der Waals surface area contributed by atoms with Gasteiger partial charge in [-0.25, -0.2) is 0 Å². The lowest BCUT2D eigenvalue weighted by Gasteiger charge is -2.16. The Labute approximate surface area is 114 Å². The monoisotopic (exact) mass is 266 g/mol. The molecule has 1 aromatic rings. The average Bonchev–Trinajstić information content (AvgIpc) is 2.68. The summed E-state index contributed by atoms with van der Waals surface area (Å²) in [6.07, 6.45) is 2.07. The molecule has 4 heteroatoms. The lowest BCUT2D eigenvalue weighted by molar-refractivity contribution is 0.317. The molecule has 1 aromatic carbocycles. The highest BCUT2D eigenvalue weighted by Gasteiger charge is 2.26. The molecule has 0 aliphatic carbocycles. The number of thioether (sulfide) groups is 1. The molecule has 18 heavy (non-hydrogen) atoms. The third-order valence-electron chi connectivity index (χ3n) is 3.60. The summed E-state index contributed by atoms with van der Waals surface area (Å²) < 4.78 is 5.42. The molecule has 0 bridgehead atoms. The van der Waals surface area contributed by atoms with Gasteiger partial charge in [0.25, 0.3) is 0 Å². The molecule has 2 atom stereocenters. The minimum Gasteiger partial charge on any atom is -0.496 e. The molecule has 0 radical (unpaired) electrons. The van der Waals surface area contributed by atoms with Crippen molar-refractivity contribution in [2.75, 3.05) is 26.5 Å². The van der Waals surface area contributed by atoms with Gasteiger partial charge in [0.2, 0.25) is 0 Å². The first-order chi connectivity index (χ1) is 8.63. The van der Waals surface area contributed by atoms with Crippen molar-refractivity contribution in [1.29, 1.82) is 0 Å². The second kappa shape index (κ2) is 5.95. The Kier molecular flexibility index (Phi) is 4.54. The summed E-state index contributed by atoms with van der Waals surface area (Å²) in [6, 6.07) is 6.78. The van der Waals surface area contributed by atoms with Crippen LogP contribution in [-0.4, -0.2) is 37.4 Å². The number of hydrogen-bond acceptors (Lipinski definition) is 4. The smallest absolute Gasteiger partial charge is 0.132 e. The highest BCUT2D eigenvalue weighted by Crippen LogP contribution is 2.29. The van der Waals surface area contributed by atoms with E-state index in [0.29, 0.717) is 12.0 Å². The summed E-state index contributed by atoms with van der Waals surface area (Å²) in [6.45, 7) is 5.27. The van der Waals surface area contributed by atoms with Crippen LogP contribution in [0.2, 0.25) is 0 Å². The number of nitrogens with zero attached hydrogens (tertiary/aromatic N) is 1. The van der Waals surface area contributed by atoms with Crippen molar-refractivity contribution in [2.24, 2.45) is 11.7 Å². The fourth-order valence-electron chi connectivity index (χ4n) is 2.46. The fourth-order valence-corrected chi connectivity index (χ4v) is 3.01. The second-order valence-corrected chi connectivity index (χ2v) is 5.87. The van der Waals surface area contributed by atoms with Crippen LogP contribution >= 0.6 is 11.8 Å². The zero-order chi connectivity index (χ0) is 13.1. The van der Waals surface area contributed by atoms with Crippen molar-refractivity contribution >= 4 is 11.8 Å². The van der Waals surface area contributed by atoms with Gasteiger partial charge in [0.15, 0.2) is 0 Å². The summed E-state index contributed by atoms with van der Waals surface area (Å²) in [4.78, 5) is 3.61. The molecule has 2 N–H and O–H groups in total. The van der Waals surface area contributed by atoms with Gasteiger partial charge in [-0.05, 0) is 29.9 Å². The van der Waals surface area contributed by atoms with E-state index in [9.17, 15) is 0 Å². The number of nitrogens with two attached hydrogens (primary N) is 1. The van der Waals surface area contributed by atoms with Crippen molar-refractivity contribution < 1.29 is 4.74 Å². The second-order valence-electron chi connectivity index (χ2n) is 5.02. The van der Waals surface area contributed by atoms with Gasteiger partial charge in [0.05, 0.1) is 7.11 Å². The highest BCUT2D eigenvalue weighted by atomic mass is 32.2. The molecule has 3 nitrogen and oxygen atoms in total. The lowest BCUT2D eigenvalue weighted by Crippen LogP contribution is -2.28. The van der Waals surface area contributed by atoms with Gasteiger partial charge >= 0.3 is 0 Å². The molecule has 1 heterocycles. The SMILES string of the molecule is COc1cc(CN2CC(C)C(N)C2)ccc1SC. The van der Waals surface area contributed by atoms with E-state index in [2.05, 4.69) is 36.3 Å². The maximum Gasteiger partial charge on any atom is 0.132 e. The molecule has 0 spiro atoms. The first-order valence-electron chi connectivity index (χ1n) is 6.33. The van der Waals surface area contributed by atoms with Gasteiger partial charge in [-0.15, -0.1) is 11.8 Å². The van der Waals surface area contributed by atoms with Crippen LogP contribution in [0.5, 0.6) is 5.75 Å². The van der Waals surface area contributed by atoms with Crippen LogP contribution in [-0.2, 0) is 6.54 Å². The first kappa shape index (κ1) is 13.7. The van der Waals surface area contributed by atoms with E-state index in [0.717, 1.165) is 25.4 Å². The van der Waals surface area contributed by atoms with E-state index in [1.807, 2.05) is 0 Å². The van der Waals surface area contributed by atoms with Crippen molar-refractivity contribution in [2.45, 2.75) is 24.4 Å². The van der Waals surface area contributed by atoms with Crippen molar-refractivity contribution in [1.82, 2.24) is 4.90 Å². The number of methoxy groups -OCH3 is 1. The molecule has 1 aliphatic heterocycles. The molecular formula is C14H22N2OS. The third kappa shape index (κ3) is 2.99. The standard InChI is InChI=1S/C14H22N2OS/c1-10-7-16(9-12(10)15)8-11-4-5-14(18-3)13(6-11)17-2/h4-6,10,12H,7-9,15H2,1-3H3. The number of rotatable bonds is 4. The molecular weight excluding hydrogens is 244 g/mol. The van der Waals surface area contributed by atoms with Gasteiger partial charge in [-0.3, -0.25) is 4.90 Å². The zero-order valence-corrected chi connectivity index (χ0v) is 12.2. The Morgan fingerprint density at radius 1 is 1.44 bits per heavy atom. The molecule has 1 aliphatic rings. The Morgan fingerprint density at radius 2 is 2.22 bits per heavy atom. The van der Waals surface area contributed by atoms with Crippen LogP contribution < -0.4 is 10.5 Å². The highest BCUT2D eigenvalue weighted by molar-refractivity contribution is 7.98. The predicted molar refractivity (Wildman–Crippen MR) is 77.2 cm³/mol. The molecule has 0 aromatic heterocycles. The predicted octanol–water partition coefficient (Wildman–Crippen LogP) is 2.20. The van der Waals surface area contributed by atoms with Crippen molar-refractivity contribution in [3.05, 3.63) is 23.8 Å². The van der Waals surface area contributed by atoms with Gasteiger partial charge < -0.3 is 10.5 Å². The van der Waals surface area contributed by atoms with Crippen LogP contribution in [0.15, 0.2) is 23.1 Å². The minimum absolute atomic E-state index is 0.317. The molecule has 1 saturated heterocycles. The maximum atomic E-state index is 6.05. The fraction of sp³-hybridized carbons (Fsp3) is 0.571. The maximum absolute atomic E-state index is 6.05. The number of ether oxygens (including phenoxy) is 1. The summed E-state index contributed by atoms with van der Waals surface area (Å²) in [7, 11) is 1.73. The van der Waals surface area contributed by atoms with E-state index < -0.39 is 0 Å². The number of hydrogen-bond donors (Lipinski definition) is 1. The molecule has 2 rings (SSSR count). The molecule has 1 fully saturated rings. The van der Waals surface area contributed by atoms with Gasteiger partial charge in [0.1, 0.15) is 5.75 Å². The largest absolute Gasteiger partial charge is 0.496 e. The Balaban J connectivity index is 2.06. The summed E-state index contributed by atoms with van der Waals surface area (Å²) in [5.41, 5.74) is 7.35. The van der Waals surface area contributed by atoms with Crippen molar-refractivity contribution in [3.8, 4) is 5.75 Å². The topological polar surface area (TPSA) is 38.5 Å². The van der Waals surface area contributed by atoms with Crippen LogP contribution in [0, 0.1) is 5.92 Å². The van der Waals surface area contributed by atoms with E-state index in [4.69, 9.17) is 10.5 Å². The van der Waals surface area contributed by atoms with Crippen LogP contribution in [0.3, 0.4) is 0 Å². The van der Waals surface area contributed by atoms with E-state index in [-0.39, 0.29) is 0 Å². The minimum atomic E-state index is 0.317. The van der Waals surface area contributed by atoms with E-state index in [1.165, 1.54) is 10.5 Å². The Morgan fingerprint density at radius 3 is 2.78 bits per heavy atom. The third-order valence-corrected chi connectivity index (χ3v) is 4.38. The summed E-state index contributed by atoms with van der Waals surface area (Å²) in [5, 5.41) is 0. The van der Waals surface area contributed by atoms with Gasteiger partial charge in [0, 0.05) is 30.6 Å². The zero-order valence-electron chi connectivity index (χ0n) is 11.3. The summed E-state index contributed by atoms with van der Waals surface area (Å²) >= 11 is 1.71. The van der Waals surface area contributed by atoms with Crippen LogP contribution in [0.4, 0.5) is 0 Å². The number of likely N-dealkylation sites (tertiary alicyclic amines) is 1.